The van der Waals surface area contributed by atoms with Crippen LogP contribution in [0.2, 0.25) is 0 Å². The van der Waals surface area contributed by atoms with E-state index < -0.39 is 5.60 Å². The summed E-state index contributed by atoms with van der Waals surface area (Å²) in [5.41, 5.74) is 1.43. The highest BCUT2D eigenvalue weighted by molar-refractivity contribution is 5.36. The molecule has 70 valence electrons. The van der Waals surface area contributed by atoms with Gasteiger partial charge in [0.15, 0.2) is 0 Å². The maximum Gasteiger partial charge on any atom is 0.118 e. The molecule has 2 rings (SSSR count). The van der Waals surface area contributed by atoms with Crippen LogP contribution in [-0.4, -0.2) is 15.8 Å². The number of phenols is 1. The van der Waals surface area contributed by atoms with Crippen LogP contribution in [0.1, 0.15) is 24.0 Å². The zero-order valence-electron chi connectivity index (χ0n) is 7.75. The monoisotopic (exact) mass is 178 g/mol. The van der Waals surface area contributed by atoms with Crippen molar-refractivity contribution in [3.63, 3.8) is 0 Å². The molecule has 0 spiro atoms. The second-order valence-electron chi connectivity index (χ2n) is 4.02. The Morgan fingerprint density at radius 1 is 1.38 bits per heavy atom. The van der Waals surface area contributed by atoms with Crippen molar-refractivity contribution in [2.45, 2.75) is 31.8 Å². The van der Waals surface area contributed by atoms with E-state index in [2.05, 4.69) is 0 Å². The molecule has 2 N–H and O–H groups in total. The van der Waals surface area contributed by atoms with Gasteiger partial charge in [-0.1, -0.05) is 12.1 Å². The summed E-state index contributed by atoms with van der Waals surface area (Å²) in [4.78, 5) is 0. The van der Waals surface area contributed by atoms with Gasteiger partial charge in [0, 0.05) is 6.42 Å². The zero-order chi connectivity index (χ0) is 9.47. The Morgan fingerprint density at radius 3 is 2.62 bits per heavy atom. The van der Waals surface area contributed by atoms with Gasteiger partial charge in [0.25, 0.3) is 0 Å². The molecule has 0 aliphatic heterocycles. The third-order valence-corrected chi connectivity index (χ3v) is 2.63. The van der Waals surface area contributed by atoms with E-state index >= 15 is 0 Å². The van der Waals surface area contributed by atoms with Crippen molar-refractivity contribution >= 4 is 0 Å². The van der Waals surface area contributed by atoms with Gasteiger partial charge in [0.2, 0.25) is 0 Å². The van der Waals surface area contributed by atoms with Crippen LogP contribution in [0.25, 0.3) is 0 Å². The lowest BCUT2D eigenvalue weighted by atomic mass is 10.0. The van der Waals surface area contributed by atoms with Gasteiger partial charge in [0.05, 0.1) is 5.60 Å². The fourth-order valence-corrected chi connectivity index (χ4v) is 1.47. The van der Waals surface area contributed by atoms with Gasteiger partial charge < -0.3 is 10.2 Å². The van der Waals surface area contributed by atoms with Crippen LogP contribution < -0.4 is 0 Å². The van der Waals surface area contributed by atoms with Crippen LogP contribution >= 0.6 is 0 Å². The van der Waals surface area contributed by atoms with Gasteiger partial charge >= 0.3 is 0 Å². The Balaban J connectivity index is 2.17. The predicted octanol–water partition coefficient (Wildman–Crippen LogP) is 1.77. The van der Waals surface area contributed by atoms with Crippen LogP contribution in [0.4, 0.5) is 0 Å². The second-order valence-corrected chi connectivity index (χ2v) is 4.02. The molecule has 0 saturated heterocycles. The topological polar surface area (TPSA) is 40.5 Å². The highest BCUT2D eigenvalue weighted by atomic mass is 16.3. The highest BCUT2D eigenvalue weighted by Gasteiger charge is 2.40. The number of benzene rings is 1. The number of aryl methyl sites for hydroxylation is 1. The predicted molar refractivity (Wildman–Crippen MR) is 50.7 cm³/mol. The third kappa shape index (κ3) is 1.83. The van der Waals surface area contributed by atoms with Crippen molar-refractivity contribution in [3.8, 4) is 5.75 Å². The van der Waals surface area contributed by atoms with Crippen LogP contribution in [0.5, 0.6) is 5.75 Å². The normalized spacial score (nSPS) is 18.6. The minimum absolute atomic E-state index is 0.321. The number of hydrogen-bond acceptors (Lipinski definition) is 2. The van der Waals surface area contributed by atoms with E-state index in [1.165, 1.54) is 0 Å². The summed E-state index contributed by atoms with van der Waals surface area (Å²) >= 11 is 0. The molecule has 0 heterocycles. The molecule has 2 nitrogen and oxygen atoms in total. The quantitative estimate of drug-likeness (QED) is 0.724. The van der Waals surface area contributed by atoms with Gasteiger partial charge in [-0.3, -0.25) is 0 Å². The number of aliphatic hydroxyl groups is 1. The van der Waals surface area contributed by atoms with E-state index in [1.54, 1.807) is 6.07 Å². The van der Waals surface area contributed by atoms with Crippen molar-refractivity contribution in [2.75, 3.05) is 0 Å². The van der Waals surface area contributed by atoms with Crippen molar-refractivity contribution in [3.05, 3.63) is 29.3 Å². The molecular formula is C11H14O2. The number of rotatable bonds is 2. The molecule has 2 heteroatoms. The lowest BCUT2D eigenvalue weighted by Crippen LogP contribution is -2.10. The fourth-order valence-electron chi connectivity index (χ4n) is 1.47. The van der Waals surface area contributed by atoms with Gasteiger partial charge in [0.1, 0.15) is 5.75 Å². The Kier molecular flexibility index (Phi) is 1.81. The first-order chi connectivity index (χ1) is 6.09. The summed E-state index contributed by atoms with van der Waals surface area (Å²) in [7, 11) is 0. The molecule has 0 bridgehead atoms. The van der Waals surface area contributed by atoms with Gasteiger partial charge in [-0.15, -0.1) is 0 Å². The molecule has 0 atom stereocenters. The zero-order valence-corrected chi connectivity index (χ0v) is 7.75. The lowest BCUT2D eigenvalue weighted by Gasteiger charge is -2.08. The fraction of sp³-hybridized carbons (Fsp3) is 0.455. The summed E-state index contributed by atoms with van der Waals surface area (Å²) in [6, 6.07) is 5.59. The molecule has 0 unspecified atom stereocenters. The summed E-state index contributed by atoms with van der Waals surface area (Å²) in [5.74, 6) is 0.321. The maximum atomic E-state index is 9.66. The Bertz CT molecular complexity index is 327. The van der Waals surface area contributed by atoms with E-state index in [1.807, 2.05) is 19.1 Å². The van der Waals surface area contributed by atoms with Crippen molar-refractivity contribution in [2.24, 2.45) is 0 Å². The molecule has 0 radical (unpaired) electrons. The van der Waals surface area contributed by atoms with Crippen LogP contribution in [-0.2, 0) is 6.42 Å². The van der Waals surface area contributed by atoms with Crippen LogP contribution in [0.3, 0.4) is 0 Å². The summed E-state index contributed by atoms with van der Waals surface area (Å²) in [6.45, 7) is 1.87. The van der Waals surface area contributed by atoms with Crippen LogP contribution in [0.15, 0.2) is 18.2 Å². The van der Waals surface area contributed by atoms with E-state index in [9.17, 15) is 10.2 Å². The first-order valence-electron chi connectivity index (χ1n) is 4.60. The Morgan fingerprint density at radius 2 is 2.08 bits per heavy atom. The number of phenolic OH excluding ortho intramolecular Hbond substituents is 1. The van der Waals surface area contributed by atoms with Crippen molar-refractivity contribution in [1.29, 1.82) is 0 Å². The second kappa shape index (κ2) is 2.74. The van der Waals surface area contributed by atoms with Crippen molar-refractivity contribution < 1.29 is 10.2 Å². The van der Waals surface area contributed by atoms with E-state index in [0.29, 0.717) is 12.2 Å². The number of hydrogen-bond donors (Lipinski definition) is 2. The molecule has 1 aromatic carbocycles. The smallest absolute Gasteiger partial charge is 0.118 e. The lowest BCUT2D eigenvalue weighted by molar-refractivity contribution is 0.151. The first kappa shape index (κ1) is 8.57. The largest absolute Gasteiger partial charge is 0.508 e. The van der Waals surface area contributed by atoms with Gasteiger partial charge in [-0.2, -0.15) is 0 Å². The minimum Gasteiger partial charge on any atom is -0.508 e. The van der Waals surface area contributed by atoms with E-state index in [-0.39, 0.29) is 0 Å². The van der Waals surface area contributed by atoms with E-state index in [4.69, 9.17) is 0 Å². The van der Waals surface area contributed by atoms with Crippen molar-refractivity contribution in [1.82, 2.24) is 0 Å². The molecule has 1 aliphatic rings. The average Bonchev–Trinajstić information content (AvgIpc) is 2.76. The minimum atomic E-state index is -0.471. The third-order valence-electron chi connectivity index (χ3n) is 2.63. The highest BCUT2D eigenvalue weighted by Crippen LogP contribution is 2.38. The Hall–Kier alpha value is -1.02. The molecule has 1 saturated carbocycles. The summed E-state index contributed by atoms with van der Waals surface area (Å²) in [5, 5.41) is 19.1. The molecule has 0 amide bonds. The molecular weight excluding hydrogens is 164 g/mol. The first-order valence-corrected chi connectivity index (χ1v) is 4.60. The summed E-state index contributed by atoms with van der Waals surface area (Å²) in [6.07, 6.45) is 2.45. The van der Waals surface area contributed by atoms with Gasteiger partial charge in [-0.05, 0) is 37.0 Å². The molecule has 1 aromatic rings. The average molecular weight is 178 g/mol. The molecule has 1 fully saturated rings. The number of aromatic hydroxyl groups is 1. The Labute approximate surface area is 77.8 Å². The standard InChI is InChI=1S/C11H14O2/c1-8-2-3-9(6-10(8)12)7-11(13)4-5-11/h2-3,6,12-13H,4-5,7H2,1H3. The van der Waals surface area contributed by atoms with Crippen LogP contribution in [0, 0.1) is 6.92 Å². The molecule has 1 aliphatic carbocycles. The SMILES string of the molecule is Cc1ccc(CC2(O)CC2)cc1O. The van der Waals surface area contributed by atoms with E-state index in [0.717, 1.165) is 24.0 Å². The van der Waals surface area contributed by atoms with Gasteiger partial charge in [-0.25, -0.2) is 0 Å². The molecule has 0 aromatic heterocycles. The summed E-state index contributed by atoms with van der Waals surface area (Å²) < 4.78 is 0. The molecule has 13 heavy (non-hydrogen) atoms. The maximum absolute atomic E-state index is 9.66.